The first-order valence-corrected chi connectivity index (χ1v) is 31.8. The van der Waals surface area contributed by atoms with Crippen LogP contribution in [0.5, 0.6) is 0 Å². The van der Waals surface area contributed by atoms with Gasteiger partial charge in [-0.2, -0.15) is 0 Å². The van der Waals surface area contributed by atoms with E-state index in [0.29, 0.717) is 19.3 Å². The number of allylic oxidation sites excluding steroid dienone is 30. The summed E-state index contributed by atoms with van der Waals surface area (Å²) < 4.78 is 16.8. The Morgan fingerprint density at radius 3 is 0.800 bits per heavy atom. The molecule has 0 fully saturated rings. The Morgan fingerprint density at radius 1 is 0.263 bits per heavy atom. The second kappa shape index (κ2) is 66.0. The van der Waals surface area contributed by atoms with Gasteiger partial charge in [0.25, 0.3) is 0 Å². The largest absolute Gasteiger partial charge is 0.462 e. The van der Waals surface area contributed by atoms with Gasteiger partial charge < -0.3 is 14.2 Å². The van der Waals surface area contributed by atoms with Gasteiger partial charge in [0.2, 0.25) is 0 Å². The molecule has 0 aliphatic rings. The molecule has 0 bridgehead atoms. The lowest BCUT2D eigenvalue weighted by atomic mass is 10.0. The van der Waals surface area contributed by atoms with Crippen molar-refractivity contribution in [1.82, 2.24) is 0 Å². The van der Waals surface area contributed by atoms with Crippen molar-refractivity contribution in [3.8, 4) is 0 Å². The molecule has 0 rings (SSSR count). The third-order valence-corrected chi connectivity index (χ3v) is 12.7. The summed E-state index contributed by atoms with van der Waals surface area (Å²) in [6, 6.07) is 0. The standard InChI is InChI=1S/C74H114O6/c1-4-7-10-13-16-19-22-25-27-29-30-31-32-33-34-35-36-37-38-39-40-41-42-43-44-46-47-49-52-55-58-61-64-67-73(76)79-70-71(69-78-72(75)66-63-60-57-54-51-24-21-18-15-12-9-6-3)80-74(77)68-65-62-59-56-53-50-48-45-28-26-23-20-17-14-11-8-5-2/h7-8,10-11,16-17,19-20,25-28,30-31,33-34,36-37,39-40,42-43,46-48,50,52,55-56,59,71H,4-6,9,12-15,18,21-24,29,32,35,38,41,44-45,49,51,53-54,57-58,60-70H2,1-3H3/b10-7-,11-8-,19-16-,20-17-,27-25-,28-26-,31-30-,34-33-,37-36-,40-39-,43-42-,47-46-,50-48-,55-52-,59-56-. The summed E-state index contributed by atoms with van der Waals surface area (Å²) in [6.45, 7) is 6.31. The van der Waals surface area contributed by atoms with Crippen molar-refractivity contribution in [2.75, 3.05) is 13.2 Å². The second-order valence-electron chi connectivity index (χ2n) is 20.2. The lowest BCUT2D eigenvalue weighted by Crippen LogP contribution is -2.30. The first-order chi connectivity index (χ1) is 39.5. The molecule has 0 spiro atoms. The van der Waals surface area contributed by atoms with Crippen LogP contribution < -0.4 is 0 Å². The topological polar surface area (TPSA) is 78.9 Å². The van der Waals surface area contributed by atoms with E-state index in [1.54, 1.807) is 0 Å². The van der Waals surface area contributed by atoms with Crippen LogP contribution in [0.2, 0.25) is 0 Å². The van der Waals surface area contributed by atoms with Crippen LogP contribution in [0.15, 0.2) is 182 Å². The molecule has 0 aliphatic heterocycles. The Hall–Kier alpha value is -5.49. The maximum Gasteiger partial charge on any atom is 0.306 e. The van der Waals surface area contributed by atoms with E-state index >= 15 is 0 Å². The molecule has 6 nitrogen and oxygen atoms in total. The number of unbranched alkanes of at least 4 members (excludes halogenated alkanes) is 14. The highest BCUT2D eigenvalue weighted by atomic mass is 16.6. The highest BCUT2D eigenvalue weighted by molar-refractivity contribution is 5.71. The fraction of sp³-hybridized carbons (Fsp3) is 0.554. The van der Waals surface area contributed by atoms with Crippen LogP contribution in [0.25, 0.3) is 0 Å². The van der Waals surface area contributed by atoms with Crippen LogP contribution >= 0.6 is 0 Å². The molecule has 6 heteroatoms. The fourth-order valence-corrected chi connectivity index (χ4v) is 7.98. The normalized spacial score (nSPS) is 13.4. The number of carbonyl (C=O) groups is 3. The Kier molecular flexibility index (Phi) is 61.5. The lowest BCUT2D eigenvalue weighted by molar-refractivity contribution is -0.167. The van der Waals surface area contributed by atoms with E-state index in [4.69, 9.17) is 14.2 Å². The molecule has 0 aromatic carbocycles. The summed E-state index contributed by atoms with van der Waals surface area (Å²) in [6.07, 6.45) is 99.1. The summed E-state index contributed by atoms with van der Waals surface area (Å²) in [4.78, 5) is 38.2. The quantitative estimate of drug-likeness (QED) is 0.0261. The zero-order valence-electron chi connectivity index (χ0n) is 51.0. The number of rotatable bonds is 55. The lowest BCUT2D eigenvalue weighted by Gasteiger charge is -2.18. The van der Waals surface area contributed by atoms with E-state index in [1.807, 2.05) is 0 Å². The molecule has 0 saturated heterocycles. The molecule has 0 aliphatic carbocycles. The third-order valence-electron chi connectivity index (χ3n) is 12.7. The van der Waals surface area contributed by atoms with E-state index in [9.17, 15) is 14.4 Å². The first-order valence-electron chi connectivity index (χ1n) is 31.8. The van der Waals surface area contributed by atoms with Gasteiger partial charge in [-0.05, 0) is 135 Å². The minimum atomic E-state index is -0.834. The molecule has 0 aromatic rings. The minimum absolute atomic E-state index is 0.121. The summed E-state index contributed by atoms with van der Waals surface area (Å²) in [7, 11) is 0. The monoisotopic (exact) mass is 1100 g/mol. The van der Waals surface area contributed by atoms with Crippen LogP contribution in [-0.4, -0.2) is 37.2 Å². The molecule has 446 valence electrons. The predicted molar refractivity (Wildman–Crippen MR) is 348 cm³/mol. The van der Waals surface area contributed by atoms with Gasteiger partial charge >= 0.3 is 17.9 Å². The molecule has 0 saturated carbocycles. The third kappa shape index (κ3) is 63.3. The number of esters is 3. The maximum absolute atomic E-state index is 12.9. The molecule has 0 N–H and O–H groups in total. The van der Waals surface area contributed by atoms with Gasteiger partial charge in [0, 0.05) is 19.3 Å². The van der Waals surface area contributed by atoms with Crippen LogP contribution in [0.3, 0.4) is 0 Å². The molecule has 1 atom stereocenters. The Balaban J connectivity index is 4.45. The van der Waals surface area contributed by atoms with Crippen molar-refractivity contribution in [3.05, 3.63) is 182 Å². The SMILES string of the molecule is CC/C=C\C/C=C\C/C=C\C/C=C\C/C=C\C/C=C\C/C=C\C/C=C\C/C=C\C/C=C\CCCCC(=O)OCC(COC(=O)CCCCCCCCCCCCCC)OC(=O)CCC/C=C\C/C=C\C/C=C\C/C=C\C/C=C\CC. The van der Waals surface area contributed by atoms with Crippen molar-refractivity contribution in [3.63, 3.8) is 0 Å². The molecule has 0 radical (unpaired) electrons. The van der Waals surface area contributed by atoms with E-state index < -0.39 is 6.10 Å². The van der Waals surface area contributed by atoms with E-state index in [2.05, 4.69) is 203 Å². The molecule has 80 heavy (non-hydrogen) atoms. The zero-order chi connectivity index (χ0) is 57.8. The Bertz CT molecular complexity index is 1890. The van der Waals surface area contributed by atoms with Crippen molar-refractivity contribution in [1.29, 1.82) is 0 Å². The van der Waals surface area contributed by atoms with Crippen molar-refractivity contribution in [2.45, 2.75) is 252 Å². The van der Waals surface area contributed by atoms with Gasteiger partial charge in [-0.25, -0.2) is 0 Å². The van der Waals surface area contributed by atoms with E-state index in [0.717, 1.165) is 135 Å². The van der Waals surface area contributed by atoms with Gasteiger partial charge in [0.15, 0.2) is 6.10 Å². The van der Waals surface area contributed by atoms with Crippen molar-refractivity contribution >= 4 is 17.9 Å². The first kappa shape index (κ1) is 74.5. The summed E-state index contributed by atoms with van der Waals surface area (Å²) in [5, 5.41) is 0. The van der Waals surface area contributed by atoms with Crippen LogP contribution in [-0.2, 0) is 28.6 Å². The second-order valence-corrected chi connectivity index (χ2v) is 20.2. The molecule has 1 unspecified atom stereocenters. The predicted octanol–water partition coefficient (Wildman–Crippen LogP) is 22.0. The molecular formula is C74H114O6. The Labute approximate surface area is 491 Å². The number of ether oxygens (including phenoxy) is 3. The maximum atomic E-state index is 12.9. The van der Waals surface area contributed by atoms with Gasteiger partial charge in [0.05, 0.1) is 0 Å². The molecule has 0 heterocycles. The highest BCUT2D eigenvalue weighted by Crippen LogP contribution is 2.14. The van der Waals surface area contributed by atoms with Gasteiger partial charge in [-0.3, -0.25) is 14.4 Å². The number of hydrogen-bond acceptors (Lipinski definition) is 6. The average molecular weight is 1100 g/mol. The van der Waals surface area contributed by atoms with E-state index in [1.165, 1.54) is 57.8 Å². The van der Waals surface area contributed by atoms with Crippen LogP contribution in [0.1, 0.15) is 245 Å². The van der Waals surface area contributed by atoms with Gasteiger partial charge in [-0.1, -0.05) is 274 Å². The summed E-state index contributed by atoms with van der Waals surface area (Å²) in [5.41, 5.74) is 0. The van der Waals surface area contributed by atoms with Gasteiger partial charge in [-0.15, -0.1) is 0 Å². The summed E-state index contributed by atoms with van der Waals surface area (Å²) >= 11 is 0. The number of carbonyl (C=O) groups excluding carboxylic acids is 3. The van der Waals surface area contributed by atoms with Crippen LogP contribution in [0.4, 0.5) is 0 Å². The van der Waals surface area contributed by atoms with Crippen molar-refractivity contribution < 1.29 is 28.6 Å². The fourth-order valence-electron chi connectivity index (χ4n) is 7.98. The minimum Gasteiger partial charge on any atom is -0.462 e. The smallest absolute Gasteiger partial charge is 0.306 e. The Morgan fingerprint density at radius 2 is 0.500 bits per heavy atom. The van der Waals surface area contributed by atoms with Crippen LogP contribution in [0, 0.1) is 0 Å². The van der Waals surface area contributed by atoms with Crippen molar-refractivity contribution in [2.24, 2.45) is 0 Å². The molecular weight excluding hydrogens is 985 g/mol. The zero-order valence-corrected chi connectivity index (χ0v) is 51.0. The van der Waals surface area contributed by atoms with E-state index in [-0.39, 0.29) is 44.0 Å². The summed E-state index contributed by atoms with van der Waals surface area (Å²) in [5.74, 6) is -1.03. The molecule has 0 aromatic heterocycles. The highest BCUT2D eigenvalue weighted by Gasteiger charge is 2.19. The molecule has 0 amide bonds. The average Bonchev–Trinajstić information content (AvgIpc) is 3.46. The van der Waals surface area contributed by atoms with Gasteiger partial charge in [0.1, 0.15) is 13.2 Å². The number of hydrogen-bond donors (Lipinski definition) is 0.